The molecule has 3 atom stereocenters. The van der Waals surface area contributed by atoms with E-state index in [2.05, 4.69) is 66.3 Å². The lowest BCUT2D eigenvalue weighted by Gasteiger charge is -2.45. The van der Waals surface area contributed by atoms with E-state index in [0.717, 1.165) is 48.6 Å². The summed E-state index contributed by atoms with van der Waals surface area (Å²) in [5.74, 6) is -1.57. The molecule has 0 saturated carbocycles. The second kappa shape index (κ2) is 19.0. The second-order valence-electron chi connectivity index (χ2n) is 14.3. The average Bonchev–Trinajstić information content (AvgIpc) is 3.44. The third kappa shape index (κ3) is 9.77. The first-order valence-electron chi connectivity index (χ1n) is 19.0. The molecule has 2 saturated heterocycles. The van der Waals surface area contributed by atoms with Crippen LogP contribution in [0.15, 0.2) is 54.7 Å². The van der Waals surface area contributed by atoms with Gasteiger partial charge in [-0.1, -0.05) is 34.2 Å². The van der Waals surface area contributed by atoms with E-state index in [1.54, 1.807) is 42.6 Å². The SMILES string of the molecule is CC1CN(C(=O)Nc2ccc(OCCCCCNCCN(CI)c3ccc4c(c3)C(=O)N(C3CCC(=O)NC3=O)C4=O)nc2)[C@H](C)CN1c1ccc(C#N)c(Cl)c1. The maximum Gasteiger partial charge on any atom is 0.322 e. The van der Waals surface area contributed by atoms with Gasteiger partial charge in [-0.05, 0) is 88.5 Å². The van der Waals surface area contributed by atoms with Crippen molar-refractivity contribution in [2.45, 2.75) is 64.1 Å². The third-order valence-electron chi connectivity index (χ3n) is 10.4. The fourth-order valence-electron chi connectivity index (χ4n) is 7.24. The van der Waals surface area contributed by atoms with Crippen molar-refractivity contribution in [1.82, 2.24) is 25.4 Å². The fourth-order valence-corrected chi connectivity index (χ4v) is 8.19. The van der Waals surface area contributed by atoms with Gasteiger partial charge >= 0.3 is 6.03 Å². The lowest BCUT2D eigenvalue weighted by molar-refractivity contribution is -0.136. The van der Waals surface area contributed by atoms with E-state index >= 15 is 0 Å². The number of anilines is 3. The number of urea groups is 1. The minimum atomic E-state index is -0.989. The Morgan fingerprint density at radius 1 is 1.02 bits per heavy atom. The first-order valence-corrected chi connectivity index (χ1v) is 20.9. The number of nitriles is 1. The molecule has 2 fully saturated rings. The second-order valence-corrected chi connectivity index (χ2v) is 15.4. The lowest BCUT2D eigenvalue weighted by atomic mass is 10.0. The largest absolute Gasteiger partial charge is 0.478 e. The first-order chi connectivity index (χ1) is 27.5. The van der Waals surface area contributed by atoms with Crippen LogP contribution in [-0.2, 0) is 9.59 Å². The van der Waals surface area contributed by atoms with Gasteiger partial charge in [-0.15, -0.1) is 0 Å². The number of amides is 6. The highest BCUT2D eigenvalue weighted by atomic mass is 127. The number of unbranched alkanes of at least 4 members (excludes halogenated alkanes) is 2. The van der Waals surface area contributed by atoms with Crippen LogP contribution in [0.4, 0.5) is 21.9 Å². The zero-order valence-corrected chi connectivity index (χ0v) is 34.7. The van der Waals surface area contributed by atoms with Crippen LogP contribution in [-0.4, -0.2) is 106 Å². The first kappa shape index (κ1) is 41.6. The summed E-state index contributed by atoms with van der Waals surface area (Å²) >= 11 is 8.54. The molecule has 3 aromatic rings. The molecule has 6 amide bonds. The molecule has 0 bridgehead atoms. The van der Waals surface area contributed by atoms with Crippen molar-refractivity contribution in [1.29, 1.82) is 5.26 Å². The van der Waals surface area contributed by atoms with Crippen molar-refractivity contribution < 1.29 is 28.7 Å². The number of carbonyl (C=O) groups excluding carboxylic acids is 5. The molecule has 2 unspecified atom stereocenters. The van der Waals surface area contributed by atoms with E-state index in [9.17, 15) is 29.2 Å². The zero-order chi connectivity index (χ0) is 40.6. The van der Waals surface area contributed by atoms with Crippen molar-refractivity contribution in [2.24, 2.45) is 0 Å². The van der Waals surface area contributed by atoms with Crippen LogP contribution in [0.5, 0.6) is 5.88 Å². The van der Waals surface area contributed by atoms with Gasteiger partial charge in [-0.25, -0.2) is 9.78 Å². The number of hydrogen-bond donors (Lipinski definition) is 3. The molecule has 15 nitrogen and oxygen atoms in total. The van der Waals surface area contributed by atoms with Crippen LogP contribution in [0.25, 0.3) is 0 Å². The van der Waals surface area contributed by atoms with Gasteiger partial charge in [0.25, 0.3) is 11.8 Å². The maximum atomic E-state index is 13.2. The van der Waals surface area contributed by atoms with E-state index in [1.165, 1.54) is 0 Å². The van der Waals surface area contributed by atoms with Gasteiger partial charge in [-0.3, -0.25) is 29.4 Å². The highest BCUT2D eigenvalue weighted by Gasteiger charge is 2.44. The summed E-state index contributed by atoms with van der Waals surface area (Å²) in [6.45, 7) is 7.96. The molecule has 6 rings (SSSR count). The molecule has 4 heterocycles. The molecule has 3 aliphatic heterocycles. The monoisotopic (exact) mass is 909 g/mol. The Bertz CT molecular complexity index is 2050. The number of pyridine rings is 1. The smallest absolute Gasteiger partial charge is 0.322 e. The molecule has 300 valence electrons. The number of hydrogen-bond acceptors (Lipinski definition) is 11. The van der Waals surface area contributed by atoms with E-state index in [4.69, 9.17) is 16.3 Å². The molecule has 3 aliphatic rings. The van der Waals surface area contributed by atoms with Crippen LogP contribution in [0.1, 0.15) is 72.2 Å². The molecular weight excluding hydrogens is 865 g/mol. The summed E-state index contributed by atoms with van der Waals surface area (Å²) in [4.78, 5) is 74.9. The highest BCUT2D eigenvalue weighted by molar-refractivity contribution is 14.1. The summed E-state index contributed by atoms with van der Waals surface area (Å²) in [6.07, 6.45) is 4.57. The number of piperidine rings is 1. The Morgan fingerprint density at radius 3 is 2.54 bits per heavy atom. The molecule has 0 aliphatic carbocycles. The van der Waals surface area contributed by atoms with Crippen molar-refractivity contribution in [2.75, 3.05) is 59.0 Å². The van der Waals surface area contributed by atoms with Crippen LogP contribution in [0.3, 0.4) is 0 Å². The van der Waals surface area contributed by atoms with Gasteiger partial charge in [0.15, 0.2) is 0 Å². The predicted octanol–water partition coefficient (Wildman–Crippen LogP) is 5.18. The number of alkyl halides is 1. The van der Waals surface area contributed by atoms with E-state index in [0.29, 0.717) is 52.9 Å². The van der Waals surface area contributed by atoms with Gasteiger partial charge in [0.1, 0.15) is 12.1 Å². The van der Waals surface area contributed by atoms with E-state index in [-0.39, 0.29) is 42.1 Å². The molecular formula is C40H45ClIN9O6. The summed E-state index contributed by atoms with van der Waals surface area (Å²) in [6, 6.07) is 15.0. The number of carbonyl (C=O) groups is 5. The number of aromatic nitrogens is 1. The number of fused-ring (bicyclic) bond motifs is 1. The van der Waals surface area contributed by atoms with E-state index < -0.39 is 29.7 Å². The number of halogens is 2. The summed E-state index contributed by atoms with van der Waals surface area (Å²) in [5, 5.41) is 18.3. The minimum Gasteiger partial charge on any atom is -0.478 e. The molecule has 2 aromatic carbocycles. The number of benzene rings is 2. The minimum absolute atomic E-state index is 0.0425. The average molecular weight is 910 g/mol. The Labute approximate surface area is 350 Å². The Balaban J connectivity index is 0.860. The summed E-state index contributed by atoms with van der Waals surface area (Å²) in [5.41, 5.74) is 3.28. The molecule has 3 N–H and O–H groups in total. The van der Waals surface area contributed by atoms with Crippen molar-refractivity contribution in [3.63, 3.8) is 0 Å². The van der Waals surface area contributed by atoms with Crippen molar-refractivity contribution in [3.05, 3.63) is 76.4 Å². The predicted molar refractivity (Wildman–Crippen MR) is 224 cm³/mol. The summed E-state index contributed by atoms with van der Waals surface area (Å²) in [7, 11) is 0. The van der Waals surface area contributed by atoms with Crippen molar-refractivity contribution >= 4 is 80.9 Å². The Hall–Kier alpha value is -4.99. The molecule has 1 aromatic heterocycles. The number of piperazine rings is 1. The maximum absolute atomic E-state index is 13.2. The standard InChI is InChI=1S/C40H45ClIN9O6/c1-25-23-50(26(2)22-49(25)30-8-6-27(20-43)33(41)19-30)40(56)46-28-7-13-36(45-21-28)57-17-5-3-4-14-44-15-16-48(24-42)29-9-10-31-32(18-29)39(55)51(38(31)54)34-11-12-35(52)47-37(34)53/h6-10,13,18-19,21,25-26,34,44H,3-5,11-12,14-17,22-24H2,1-2H3,(H,46,56)(H,47,52,53)/t25?,26-,34?/m1/s1. The Kier molecular flexibility index (Phi) is 13.9. The van der Waals surface area contributed by atoms with Crippen molar-refractivity contribution in [3.8, 4) is 11.9 Å². The topological polar surface area (TPSA) is 180 Å². The fraction of sp³-hybridized carbons (Fsp3) is 0.425. The molecule has 0 radical (unpaired) electrons. The number of rotatable bonds is 15. The number of nitrogens with zero attached hydrogens (tertiary/aromatic N) is 6. The van der Waals surface area contributed by atoms with Gasteiger partial charge < -0.3 is 30.1 Å². The number of imide groups is 2. The third-order valence-corrected chi connectivity index (χ3v) is 11.5. The van der Waals surface area contributed by atoms with Gasteiger partial charge in [0, 0.05) is 62.1 Å². The number of nitrogens with one attached hydrogen (secondary N) is 3. The van der Waals surface area contributed by atoms with Crippen LogP contribution >= 0.6 is 34.2 Å². The van der Waals surface area contributed by atoms with Crippen LogP contribution in [0.2, 0.25) is 5.02 Å². The lowest BCUT2D eigenvalue weighted by Crippen LogP contribution is -2.59. The molecule has 57 heavy (non-hydrogen) atoms. The summed E-state index contributed by atoms with van der Waals surface area (Å²) < 4.78 is 6.50. The van der Waals surface area contributed by atoms with Gasteiger partial charge in [0.05, 0.1) is 44.8 Å². The quantitative estimate of drug-likeness (QED) is 0.0602. The molecule has 17 heteroatoms. The van der Waals surface area contributed by atoms with Crippen LogP contribution in [0, 0.1) is 11.3 Å². The normalized spacial score (nSPS) is 19.3. The highest BCUT2D eigenvalue weighted by Crippen LogP contribution is 2.31. The van der Waals surface area contributed by atoms with Gasteiger partial charge in [0.2, 0.25) is 17.7 Å². The van der Waals surface area contributed by atoms with Crippen LogP contribution < -0.4 is 30.5 Å². The molecule has 0 spiro atoms. The van der Waals surface area contributed by atoms with Gasteiger partial charge in [-0.2, -0.15) is 5.26 Å². The van der Waals surface area contributed by atoms with E-state index in [1.807, 2.05) is 24.0 Å². The zero-order valence-electron chi connectivity index (χ0n) is 31.8. The number of ether oxygens (including phenoxy) is 1. The Morgan fingerprint density at radius 2 is 1.82 bits per heavy atom.